The zero-order valence-electron chi connectivity index (χ0n) is 13.1. The molecule has 0 radical (unpaired) electrons. The van der Waals surface area contributed by atoms with Crippen LogP contribution in [0.1, 0.15) is 39.7 Å². The molecule has 0 amide bonds. The first kappa shape index (κ1) is 16.5. The van der Waals surface area contributed by atoms with E-state index in [2.05, 4.69) is 20.4 Å². The van der Waals surface area contributed by atoms with Gasteiger partial charge in [0, 0.05) is 0 Å². The van der Waals surface area contributed by atoms with Crippen molar-refractivity contribution in [1.82, 2.24) is 0 Å². The summed E-state index contributed by atoms with van der Waals surface area (Å²) in [6.07, 6.45) is 5.12. The molecule has 0 spiro atoms. The van der Waals surface area contributed by atoms with E-state index >= 15 is 0 Å². The van der Waals surface area contributed by atoms with Crippen LogP contribution in [0.5, 0.6) is 0 Å². The summed E-state index contributed by atoms with van der Waals surface area (Å²) in [6.45, 7) is 12.7. The van der Waals surface area contributed by atoms with Gasteiger partial charge in [0.15, 0.2) is 0 Å². The molecule has 0 heterocycles. The van der Waals surface area contributed by atoms with Crippen molar-refractivity contribution in [2.24, 2.45) is 0 Å². The van der Waals surface area contributed by atoms with Crippen LogP contribution in [0, 0.1) is 0 Å². The van der Waals surface area contributed by atoms with Crippen molar-refractivity contribution in [3.05, 3.63) is 60.4 Å². The van der Waals surface area contributed by atoms with Gasteiger partial charge in [0.05, 0.1) is 11.7 Å². The van der Waals surface area contributed by atoms with Crippen molar-refractivity contribution in [1.29, 1.82) is 0 Å². The van der Waals surface area contributed by atoms with Gasteiger partial charge in [0.2, 0.25) is 0 Å². The second kappa shape index (κ2) is 7.91. The Morgan fingerprint density at radius 1 is 1.30 bits per heavy atom. The first-order valence-electron chi connectivity index (χ1n) is 7.15. The lowest BCUT2D eigenvalue weighted by atomic mass is 10.1. The molecule has 0 fully saturated rings. The molecule has 1 aromatic carbocycles. The summed E-state index contributed by atoms with van der Waals surface area (Å²) in [5.41, 5.74) is 0.825. The van der Waals surface area contributed by atoms with E-state index in [-0.39, 0.29) is 11.7 Å². The lowest BCUT2D eigenvalue weighted by Gasteiger charge is -2.25. The Balaban J connectivity index is 2.43. The van der Waals surface area contributed by atoms with Gasteiger partial charge in [0.1, 0.15) is 12.4 Å². The Morgan fingerprint density at radius 3 is 2.55 bits per heavy atom. The topological polar surface area (TPSA) is 18.5 Å². The van der Waals surface area contributed by atoms with Gasteiger partial charge in [0.25, 0.3) is 0 Å². The third-order valence-corrected chi connectivity index (χ3v) is 3.02. The summed E-state index contributed by atoms with van der Waals surface area (Å²) in [5.74, 6) is 0.648. The van der Waals surface area contributed by atoms with Crippen molar-refractivity contribution < 1.29 is 9.47 Å². The minimum atomic E-state index is -0.311. The Labute approximate surface area is 123 Å². The van der Waals surface area contributed by atoms with E-state index in [0.29, 0.717) is 12.4 Å². The molecule has 1 atom stereocenters. The standard InChI is InChI=1S/C18H26O2/c1-6-15(2)20-18(4,5)13-12-16(3)19-14-17-10-8-7-9-11-17/h7-13,15H,3,6,14H2,1-2,4-5H3/b13-12-. The van der Waals surface area contributed by atoms with Crippen LogP contribution in [0.2, 0.25) is 0 Å². The van der Waals surface area contributed by atoms with E-state index in [4.69, 9.17) is 9.47 Å². The van der Waals surface area contributed by atoms with Crippen LogP contribution in [0.25, 0.3) is 0 Å². The highest BCUT2D eigenvalue weighted by atomic mass is 16.5. The van der Waals surface area contributed by atoms with Crippen LogP contribution < -0.4 is 0 Å². The molecule has 1 unspecified atom stereocenters. The van der Waals surface area contributed by atoms with Crippen LogP contribution in [-0.2, 0) is 16.1 Å². The molecule has 2 heteroatoms. The molecule has 1 rings (SSSR count). The van der Waals surface area contributed by atoms with Crippen LogP contribution in [0.4, 0.5) is 0 Å². The third-order valence-electron chi connectivity index (χ3n) is 3.02. The average molecular weight is 274 g/mol. The van der Waals surface area contributed by atoms with Gasteiger partial charge in [-0.05, 0) is 44.9 Å². The van der Waals surface area contributed by atoms with E-state index < -0.39 is 0 Å². The minimum Gasteiger partial charge on any atom is -0.490 e. The predicted molar refractivity (Wildman–Crippen MR) is 84.4 cm³/mol. The number of hydrogen-bond donors (Lipinski definition) is 0. The highest BCUT2D eigenvalue weighted by Gasteiger charge is 2.17. The van der Waals surface area contributed by atoms with Gasteiger partial charge in [-0.3, -0.25) is 0 Å². The maximum atomic E-state index is 5.92. The lowest BCUT2D eigenvalue weighted by Crippen LogP contribution is -2.26. The highest BCUT2D eigenvalue weighted by Crippen LogP contribution is 2.17. The fourth-order valence-electron chi connectivity index (χ4n) is 1.73. The van der Waals surface area contributed by atoms with E-state index in [9.17, 15) is 0 Å². The average Bonchev–Trinajstić information content (AvgIpc) is 2.43. The summed E-state index contributed by atoms with van der Waals surface area (Å²) in [5, 5.41) is 0. The summed E-state index contributed by atoms with van der Waals surface area (Å²) in [4.78, 5) is 0. The molecule has 0 bridgehead atoms. The SMILES string of the molecule is C=C(/C=C\C(C)(C)OC(C)CC)OCc1ccccc1. The molecular weight excluding hydrogens is 248 g/mol. The molecule has 0 aliphatic heterocycles. The van der Waals surface area contributed by atoms with Gasteiger partial charge in [-0.25, -0.2) is 0 Å². The molecule has 1 aromatic rings. The third kappa shape index (κ3) is 6.58. The Kier molecular flexibility index (Phi) is 6.53. The van der Waals surface area contributed by atoms with Crippen molar-refractivity contribution in [3.8, 4) is 0 Å². The summed E-state index contributed by atoms with van der Waals surface area (Å²) >= 11 is 0. The second-order valence-corrected chi connectivity index (χ2v) is 5.51. The van der Waals surface area contributed by atoms with Gasteiger partial charge in [-0.2, -0.15) is 0 Å². The van der Waals surface area contributed by atoms with Crippen LogP contribution in [-0.4, -0.2) is 11.7 Å². The maximum absolute atomic E-state index is 5.92. The van der Waals surface area contributed by atoms with Crippen molar-refractivity contribution in [2.75, 3.05) is 0 Å². The van der Waals surface area contributed by atoms with Crippen molar-refractivity contribution in [3.63, 3.8) is 0 Å². The number of benzene rings is 1. The Morgan fingerprint density at radius 2 is 1.95 bits per heavy atom. The molecule has 0 saturated heterocycles. The quantitative estimate of drug-likeness (QED) is 0.497. The smallest absolute Gasteiger partial charge is 0.113 e. The molecule has 0 aliphatic carbocycles. The first-order valence-corrected chi connectivity index (χ1v) is 7.15. The summed E-state index contributed by atoms with van der Waals surface area (Å²) < 4.78 is 11.5. The van der Waals surface area contributed by atoms with Crippen molar-refractivity contribution in [2.45, 2.75) is 52.4 Å². The molecule has 0 aromatic heterocycles. The normalized spacial score (nSPS) is 13.4. The lowest BCUT2D eigenvalue weighted by molar-refractivity contribution is -0.0333. The molecule has 0 aliphatic rings. The zero-order chi connectivity index (χ0) is 15.0. The predicted octanol–water partition coefficient (Wildman–Crippen LogP) is 4.87. The summed E-state index contributed by atoms with van der Waals surface area (Å²) in [6, 6.07) is 10.1. The number of hydrogen-bond acceptors (Lipinski definition) is 2. The Hall–Kier alpha value is -1.54. The van der Waals surface area contributed by atoms with Crippen LogP contribution >= 0.6 is 0 Å². The number of rotatable bonds is 8. The van der Waals surface area contributed by atoms with Crippen LogP contribution in [0.3, 0.4) is 0 Å². The number of allylic oxidation sites excluding steroid dienone is 1. The second-order valence-electron chi connectivity index (χ2n) is 5.51. The molecule has 0 saturated carbocycles. The van der Waals surface area contributed by atoms with Crippen LogP contribution in [0.15, 0.2) is 54.8 Å². The van der Waals surface area contributed by atoms with Gasteiger partial charge < -0.3 is 9.47 Å². The number of ether oxygens (including phenoxy) is 2. The molecule has 2 nitrogen and oxygen atoms in total. The maximum Gasteiger partial charge on any atom is 0.113 e. The molecule has 20 heavy (non-hydrogen) atoms. The van der Waals surface area contributed by atoms with E-state index in [1.165, 1.54) is 0 Å². The van der Waals surface area contributed by atoms with Gasteiger partial charge in [-0.15, -0.1) is 0 Å². The van der Waals surface area contributed by atoms with Gasteiger partial charge >= 0.3 is 0 Å². The Bertz CT molecular complexity index is 432. The molecule has 110 valence electrons. The van der Waals surface area contributed by atoms with E-state index in [1.54, 1.807) is 0 Å². The minimum absolute atomic E-state index is 0.244. The van der Waals surface area contributed by atoms with Gasteiger partial charge in [-0.1, -0.05) is 43.8 Å². The van der Waals surface area contributed by atoms with E-state index in [0.717, 1.165) is 12.0 Å². The fourth-order valence-corrected chi connectivity index (χ4v) is 1.73. The largest absolute Gasteiger partial charge is 0.490 e. The van der Waals surface area contributed by atoms with E-state index in [1.807, 2.05) is 56.3 Å². The fraction of sp³-hybridized carbons (Fsp3) is 0.444. The molecular formula is C18H26O2. The first-order chi connectivity index (χ1) is 9.43. The monoisotopic (exact) mass is 274 g/mol. The van der Waals surface area contributed by atoms with Crippen molar-refractivity contribution >= 4 is 0 Å². The highest BCUT2D eigenvalue weighted by molar-refractivity contribution is 5.16. The zero-order valence-corrected chi connectivity index (χ0v) is 13.1. The molecule has 0 N–H and O–H groups in total. The summed E-state index contributed by atoms with van der Waals surface area (Å²) in [7, 11) is 0.